The monoisotopic (exact) mass is 232 g/mol. The van der Waals surface area contributed by atoms with Gasteiger partial charge < -0.3 is 4.74 Å². The number of aromatic nitrogens is 2. The van der Waals surface area contributed by atoms with Crippen LogP contribution in [0.15, 0.2) is 36.8 Å². The molecule has 4 nitrogen and oxygen atoms in total. The second-order valence-corrected chi connectivity index (χ2v) is 3.29. The summed E-state index contributed by atoms with van der Waals surface area (Å²) in [5.74, 6) is -1.33. The molecule has 2 rings (SSSR count). The van der Waals surface area contributed by atoms with Crippen molar-refractivity contribution in [2.45, 2.75) is 0 Å². The van der Waals surface area contributed by atoms with E-state index in [1.807, 2.05) is 0 Å². The minimum atomic E-state index is -0.724. The summed E-state index contributed by atoms with van der Waals surface area (Å²) in [4.78, 5) is 19.0. The summed E-state index contributed by atoms with van der Waals surface area (Å²) in [6.07, 6.45) is 4.47. The Kier molecular flexibility index (Phi) is 3.09. The zero-order valence-corrected chi connectivity index (χ0v) is 9.05. The van der Waals surface area contributed by atoms with E-state index in [4.69, 9.17) is 0 Å². The average Bonchev–Trinajstić information content (AvgIpc) is 2.38. The van der Waals surface area contributed by atoms with Gasteiger partial charge in [0.2, 0.25) is 5.95 Å². The first kappa shape index (κ1) is 11.2. The normalized spacial score (nSPS) is 10.0. The molecule has 0 N–H and O–H groups in total. The number of nitrogens with zero attached hydrogens (tertiary/aromatic N) is 2. The number of carbonyl (C=O) groups excluding carboxylic acids is 1. The third-order valence-electron chi connectivity index (χ3n) is 2.25. The highest BCUT2D eigenvalue weighted by atomic mass is 19.1. The lowest BCUT2D eigenvalue weighted by Gasteiger charge is -2.06. The summed E-state index contributed by atoms with van der Waals surface area (Å²) >= 11 is 0. The molecular formula is C12H9FN2O2. The molecule has 0 saturated carbocycles. The number of halogens is 1. The molecule has 2 aromatic heterocycles. The van der Waals surface area contributed by atoms with Gasteiger partial charge in [0, 0.05) is 35.8 Å². The van der Waals surface area contributed by atoms with Crippen LogP contribution in [-0.2, 0) is 4.74 Å². The van der Waals surface area contributed by atoms with Gasteiger partial charge in [-0.15, -0.1) is 0 Å². The van der Waals surface area contributed by atoms with E-state index in [9.17, 15) is 9.18 Å². The van der Waals surface area contributed by atoms with Gasteiger partial charge in [-0.3, -0.25) is 4.98 Å². The highest BCUT2D eigenvalue weighted by Crippen LogP contribution is 2.23. The first-order valence-electron chi connectivity index (χ1n) is 4.86. The summed E-state index contributed by atoms with van der Waals surface area (Å²) in [6, 6.07) is 4.53. The van der Waals surface area contributed by atoms with Gasteiger partial charge in [0.15, 0.2) is 0 Å². The molecule has 0 aromatic carbocycles. The molecule has 2 heterocycles. The van der Waals surface area contributed by atoms with Crippen LogP contribution in [0.25, 0.3) is 11.1 Å². The average molecular weight is 232 g/mol. The highest BCUT2D eigenvalue weighted by Gasteiger charge is 2.15. The Balaban J connectivity index is 2.58. The summed E-state index contributed by atoms with van der Waals surface area (Å²) in [7, 11) is 1.24. The van der Waals surface area contributed by atoms with Crippen LogP contribution in [0.5, 0.6) is 0 Å². The summed E-state index contributed by atoms with van der Waals surface area (Å²) in [5.41, 5.74) is 1.31. The van der Waals surface area contributed by atoms with Gasteiger partial charge in [0.05, 0.1) is 12.7 Å². The summed E-state index contributed by atoms with van der Waals surface area (Å²) in [6.45, 7) is 0. The van der Waals surface area contributed by atoms with Crippen LogP contribution in [0.2, 0.25) is 0 Å². The Bertz CT molecular complexity index is 543. The van der Waals surface area contributed by atoms with Crippen molar-refractivity contribution in [1.29, 1.82) is 0 Å². The van der Waals surface area contributed by atoms with Crippen LogP contribution >= 0.6 is 0 Å². The van der Waals surface area contributed by atoms with Crippen molar-refractivity contribution in [3.8, 4) is 11.1 Å². The molecule has 0 fully saturated rings. The van der Waals surface area contributed by atoms with Gasteiger partial charge >= 0.3 is 5.97 Å². The number of methoxy groups -OCH3 is 1. The molecule has 5 heteroatoms. The fraction of sp³-hybridized carbons (Fsp3) is 0.0833. The SMILES string of the molecule is COC(=O)c1cc(F)ncc1-c1cccnc1. The fourth-order valence-corrected chi connectivity index (χ4v) is 1.46. The Morgan fingerprint density at radius 2 is 2.24 bits per heavy atom. The number of ether oxygens (including phenoxy) is 1. The topological polar surface area (TPSA) is 52.1 Å². The van der Waals surface area contributed by atoms with E-state index in [0.29, 0.717) is 11.1 Å². The highest BCUT2D eigenvalue weighted by molar-refractivity contribution is 5.96. The van der Waals surface area contributed by atoms with Gasteiger partial charge in [0.1, 0.15) is 0 Å². The minimum Gasteiger partial charge on any atom is -0.465 e. The van der Waals surface area contributed by atoms with Crippen LogP contribution < -0.4 is 0 Å². The molecule has 0 saturated heterocycles. The fourth-order valence-electron chi connectivity index (χ4n) is 1.46. The standard InChI is InChI=1S/C12H9FN2O2/c1-17-12(16)9-5-11(13)15-7-10(9)8-3-2-4-14-6-8/h2-7H,1H3. The smallest absolute Gasteiger partial charge is 0.338 e. The summed E-state index contributed by atoms with van der Waals surface area (Å²) < 4.78 is 17.6. The van der Waals surface area contributed by atoms with E-state index in [1.54, 1.807) is 24.5 Å². The second kappa shape index (κ2) is 4.69. The summed E-state index contributed by atoms with van der Waals surface area (Å²) in [5, 5.41) is 0. The van der Waals surface area contributed by atoms with Gasteiger partial charge in [0.25, 0.3) is 0 Å². The van der Waals surface area contributed by atoms with Crippen molar-refractivity contribution >= 4 is 5.97 Å². The van der Waals surface area contributed by atoms with Gasteiger partial charge in [-0.2, -0.15) is 4.39 Å². The maximum Gasteiger partial charge on any atom is 0.338 e. The third kappa shape index (κ3) is 2.28. The number of hydrogen-bond acceptors (Lipinski definition) is 4. The van der Waals surface area contributed by atoms with E-state index in [1.165, 1.54) is 13.3 Å². The largest absolute Gasteiger partial charge is 0.465 e. The molecule has 17 heavy (non-hydrogen) atoms. The van der Waals surface area contributed by atoms with E-state index in [2.05, 4.69) is 14.7 Å². The number of rotatable bonds is 2. The van der Waals surface area contributed by atoms with Gasteiger partial charge in [-0.05, 0) is 6.07 Å². The van der Waals surface area contributed by atoms with Crippen LogP contribution in [0.3, 0.4) is 0 Å². The molecule has 0 aliphatic carbocycles. The number of hydrogen-bond donors (Lipinski definition) is 0. The molecule has 0 aliphatic heterocycles. The van der Waals surface area contributed by atoms with Crippen LogP contribution in [0.4, 0.5) is 4.39 Å². The molecule has 0 aliphatic rings. The lowest BCUT2D eigenvalue weighted by Crippen LogP contribution is -2.05. The molecular weight excluding hydrogens is 223 g/mol. The minimum absolute atomic E-state index is 0.132. The zero-order chi connectivity index (χ0) is 12.3. The Labute approximate surface area is 97.1 Å². The van der Waals surface area contributed by atoms with Crippen LogP contribution in [0, 0.1) is 5.95 Å². The lowest BCUT2D eigenvalue weighted by atomic mass is 10.0. The van der Waals surface area contributed by atoms with E-state index >= 15 is 0 Å². The van der Waals surface area contributed by atoms with Gasteiger partial charge in [-0.1, -0.05) is 6.07 Å². The molecule has 0 bridgehead atoms. The van der Waals surface area contributed by atoms with Crippen molar-refractivity contribution in [3.05, 3.63) is 48.3 Å². The number of pyridine rings is 2. The van der Waals surface area contributed by atoms with E-state index in [0.717, 1.165) is 6.07 Å². The van der Waals surface area contributed by atoms with Crippen molar-refractivity contribution in [1.82, 2.24) is 9.97 Å². The molecule has 0 spiro atoms. The van der Waals surface area contributed by atoms with Crippen molar-refractivity contribution < 1.29 is 13.9 Å². The molecule has 0 radical (unpaired) electrons. The second-order valence-electron chi connectivity index (χ2n) is 3.29. The van der Waals surface area contributed by atoms with Crippen molar-refractivity contribution in [2.75, 3.05) is 7.11 Å². The third-order valence-corrected chi connectivity index (χ3v) is 2.25. The molecule has 0 atom stereocenters. The van der Waals surface area contributed by atoms with E-state index < -0.39 is 11.9 Å². The Morgan fingerprint density at radius 3 is 2.88 bits per heavy atom. The van der Waals surface area contributed by atoms with Crippen molar-refractivity contribution in [3.63, 3.8) is 0 Å². The quantitative estimate of drug-likeness (QED) is 0.587. The predicted molar refractivity (Wildman–Crippen MR) is 58.8 cm³/mol. The van der Waals surface area contributed by atoms with Crippen LogP contribution in [0.1, 0.15) is 10.4 Å². The number of esters is 1. The molecule has 2 aromatic rings. The lowest BCUT2D eigenvalue weighted by molar-refractivity contribution is 0.0601. The maximum absolute atomic E-state index is 13.0. The molecule has 86 valence electrons. The predicted octanol–water partition coefficient (Wildman–Crippen LogP) is 2.07. The maximum atomic E-state index is 13.0. The van der Waals surface area contributed by atoms with Crippen LogP contribution in [-0.4, -0.2) is 23.0 Å². The first-order valence-corrected chi connectivity index (χ1v) is 4.86. The van der Waals surface area contributed by atoms with E-state index in [-0.39, 0.29) is 5.56 Å². The zero-order valence-electron chi connectivity index (χ0n) is 9.05. The Morgan fingerprint density at radius 1 is 1.41 bits per heavy atom. The van der Waals surface area contributed by atoms with Gasteiger partial charge in [-0.25, -0.2) is 9.78 Å². The first-order chi connectivity index (χ1) is 8.22. The molecule has 0 amide bonds. The van der Waals surface area contributed by atoms with Crippen molar-refractivity contribution in [2.24, 2.45) is 0 Å². The molecule has 0 unspecified atom stereocenters. The number of carbonyl (C=O) groups is 1. The Hall–Kier alpha value is -2.30.